The Hall–Kier alpha value is -1.55. The number of benzene rings is 1. The second-order valence-corrected chi connectivity index (χ2v) is 5.37. The number of carbonyl (C=O) groups excluding carboxylic acids is 1. The third-order valence-corrected chi connectivity index (χ3v) is 3.94. The minimum absolute atomic E-state index is 0.129. The van der Waals surface area contributed by atoms with E-state index >= 15 is 0 Å². The quantitative estimate of drug-likeness (QED) is 0.656. The molecule has 110 valence electrons. The highest BCUT2D eigenvalue weighted by molar-refractivity contribution is 5.78. The third-order valence-electron chi connectivity index (χ3n) is 3.94. The molecule has 1 aromatic rings. The molecule has 1 aromatic carbocycles. The molecular weight excluding hydrogens is 254 g/mol. The number of para-hydroxylation sites is 1. The van der Waals surface area contributed by atoms with Gasteiger partial charge in [-0.25, -0.2) is 4.79 Å². The highest BCUT2D eigenvalue weighted by atomic mass is 16.5. The summed E-state index contributed by atoms with van der Waals surface area (Å²) < 4.78 is 4.88. The monoisotopic (exact) mass is 277 g/mol. The largest absolute Gasteiger partial charge is 0.508 e. The third kappa shape index (κ3) is 3.73. The Bertz CT molecular complexity index is 439. The summed E-state index contributed by atoms with van der Waals surface area (Å²) in [7, 11) is 1.38. The van der Waals surface area contributed by atoms with Crippen molar-refractivity contribution in [2.45, 2.75) is 50.6 Å². The smallest absolute Gasteiger partial charge is 0.327 e. The molecule has 1 fully saturated rings. The van der Waals surface area contributed by atoms with E-state index in [1.54, 1.807) is 18.2 Å². The molecule has 4 heteroatoms. The zero-order chi connectivity index (χ0) is 14.4. The van der Waals surface area contributed by atoms with Gasteiger partial charge in [0, 0.05) is 11.6 Å². The van der Waals surface area contributed by atoms with Crippen molar-refractivity contribution in [3.05, 3.63) is 29.8 Å². The Balaban J connectivity index is 2.15. The van der Waals surface area contributed by atoms with Gasteiger partial charge in [0.15, 0.2) is 0 Å². The van der Waals surface area contributed by atoms with E-state index in [2.05, 4.69) is 5.32 Å². The number of ether oxygens (including phenoxy) is 1. The highest BCUT2D eigenvalue weighted by Gasteiger charge is 2.27. The lowest BCUT2D eigenvalue weighted by Crippen LogP contribution is -2.37. The summed E-state index contributed by atoms with van der Waals surface area (Å²) in [6, 6.07) is 6.64. The van der Waals surface area contributed by atoms with Crippen molar-refractivity contribution in [1.29, 1.82) is 0 Å². The summed E-state index contributed by atoms with van der Waals surface area (Å²) in [5.74, 6) is -0.222. The minimum atomic E-state index is -0.593. The minimum Gasteiger partial charge on any atom is -0.508 e. The number of methoxy groups -OCH3 is 1. The SMILES string of the molecule is COC(=O)C(NC1CCCCCC1)c1ccccc1O. The molecule has 2 N–H and O–H groups in total. The first-order chi connectivity index (χ1) is 9.72. The van der Waals surface area contributed by atoms with Crippen LogP contribution < -0.4 is 5.32 Å². The number of aromatic hydroxyl groups is 1. The molecule has 1 saturated carbocycles. The zero-order valence-corrected chi connectivity index (χ0v) is 12.0. The fourth-order valence-electron chi connectivity index (χ4n) is 2.82. The van der Waals surface area contributed by atoms with Crippen LogP contribution in [0.2, 0.25) is 0 Å². The molecule has 0 spiro atoms. The van der Waals surface area contributed by atoms with Crippen molar-refractivity contribution < 1.29 is 14.6 Å². The van der Waals surface area contributed by atoms with Crippen LogP contribution in [-0.2, 0) is 9.53 Å². The molecule has 0 radical (unpaired) electrons. The Morgan fingerprint density at radius 3 is 2.50 bits per heavy atom. The number of nitrogens with one attached hydrogen (secondary N) is 1. The predicted octanol–water partition coefficient (Wildman–Crippen LogP) is 2.92. The van der Waals surface area contributed by atoms with Gasteiger partial charge in [0.05, 0.1) is 7.11 Å². The first kappa shape index (κ1) is 14.9. The van der Waals surface area contributed by atoms with E-state index in [1.165, 1.54) is 32.8 Å². The van der Waals surface area contributed by atoms with Crippen molar-refractivity contribution in [2.24, 2.45) is 0 Å². The molecule has 1 unspecified atom stereocenters. The molecule has 0 heterocycles. The van der Waals surface area contributed by atoms with E-state index in [1.807, 2.05) is 6.07 Å². The van der Waals surface area contributed by atoms with Crippen LogP contribution in [0.15, 0.2) is 24.3 Å². The normalized spacial score (nSPS) is 18.2. The van der Waals surface area contributed by atoms with Gasteiger partial charge in [-0.15, -0.1) is 0 Å². The molecule has 4 nitrogen and oxygen atoms in total. The molecule has 20 heavy (non-hydrogen) atoms. The van der Waals surface area contributed by atoms with Gasteiger partial charge >= 0.3 is 5.97 Å². The lowest BCUT2D eigenvalue weighted by Gasteiger charge is -2.24. The summed E-state index contributed by atoms with van der Waals surface area (Å²) in [4.78, 5) is 12.0. The number of carbonyl (C=O) groups is 1. The zero-order valence-electron chi connectivity index (χ0n) is 12.0. The molecule has 1 atom stereocenters. The molecule has 1 aliphatic carbocycles. The molecule has 1 aliphatic rings. The topological polar surface area (TPSA) is 58.6 Å². The number of hydrogen-bond donors (Lipinski definition) is 2. The standard InChI is InChI=1S/C16H23NO3/c1-20-16(19)15(13-10-6-7-11-14(13)18)17-12-8-4-2-3-5-9-12/h6-7,10-12,15,17-18H,2-5,8-9H2,1H3. The van der Waals surface area contributed by atoms with Gasteiger partial charge in [0.2, 0.25) is 0 Å². The Labute approximate surface area is 120 Å². The van der Waals surface area contributed by atoms with Crippen LogP contribution in [0.3, 0.4) is 0 Å². The maximum atomic E-state index is 12.0. The van der Waals surface area contributed by atoms with Crippen LogP contribution in [0, 0.1) is 0 Å². The Morgan fingerprint density at radius 2 is 1.90 bits per heavy atom. The van der Waals surface area contributed by atoms with Gasteiger partial charge in [0.25, 0.3) is 0 Å². The van der Waals surface area contributed by atoms with Crippen molar-refractivity contribution in [3.63, 3.8) is 0 Å². The Morgan fingerprint density at radius 1 is 1.25 bits per heavy atom. The Kier molecular flexibility index (Phi) is 5.41. The van der Waals surface area contributed by atoms with Crippen molar-refractivity contribution in [3.8, 4) is 5.75 Å². The summed E-state index contributed by atoms with van der Waals surface area (Å²) in [5, 5.41) is 13.3. The van der Waals surface area contributed by atoms with Crippen molar-refractivity contribution in [1.82, 2.24) is 5.32 Å². The van der Waals surface area contributed by atoms with Crippen molar-refractivity contribution >= 4 is 5.97 Å². The van der Waals surface area contributed by atoms with Gasteiger partial charge in [-0.1, -0.05) is 43.9 Å². The lowest BCUT2D eigenvalue weighted by molar-refractivity contribution is -0.143. The highest BCUT2D eigenvalue weighted by Crippen LogP contribution is 2.27. The average Bonchev–Trinajstić information content (AvgIpc) is 2.73. The second-order valence-electron chi connectivity index (χ2n) is 5.37. The van der Waals surface area contributed by atoms with Crippen LogP contribution in [0.4, 0.5) is 0 Å². The maximum Gasteiger partial charge on any atom is 0.327 e. The fourth-order valence-corrected chi connectivity index (χ4v) is 2.82. The first-order valence-corrected chi connectivity index (χ1v) is 7.34. The number of esters is 1. The van der Waals surface area contributed by atoms with Gasteiger partial charge < -0.3 is 9.84 Å². The molecule has 0 saturated heterocycles. The summed E-state index contributed by atoms with van der Waals surface area (Å²) in [6.07, 6.45) is 7.04. The van der Waals surface area contributed by atoms with E-state index in [0.29, 0.717) is 11.6 Å². The second kappa shape index (κ2) is 7.29. The predicted molar refractivity (Wildman–Crippen MR) is 77.5 cm³/mol. The lowest BCUT2D eigenvalue weighted by atomic mass is 10.0. The van der Waals surface area contributed by atoms with E-state index in [-0.39, 0.29) is 11.7 Å². The van der Waals surface area contributed by atoms with Crippen LogP contribution in [0.1, 0.15) is 50.1 Å². The number of rotatable bonds is 4. The van der Waals surface area contributed by atoms with Crippen LogP contribution in [0.25, 0.3) is 0 Å². The molecular formula is C16H23NO3. The molecule has 0 aliphatic heterocycles. The molecule has 0 amide bonds. The summed E-state index contributed by atoms with van der Waals surface area (Å²) in [6.45, 7) is 0. The summed E-state index contributed by atoms with van der Waals surface area (Å²) >= 11 is 0. The van der Waals surface area contributed by atoms with E-state index in [9.17, 15) is 9.90 Å². The first-order valence-electron chi connectivity index (χ1n) is 7.34. The van der Waals surface area contributed by atoms with Gasteiger partial charge in [-0.3, -0.25) is 5.32 Å². The fraction of sp³-hybridized carbons (Fsp3) is 0.562. The average molecular weight is 277 g/mol. The van der Waals surface area contributed by atoms with E-state index in [0.717, 1.165) is 12.8 Å². The molecule has 0 bridgehead atoms. The maximum absolute atomic E-state index is 12.0. The molecule has 2 rings (SSSR count). The van der Waals surface area contributed by atoms with Gasteiger partial charge in [0.1, 0.15) is 11.8 Å². The van der Waals surface area contributed by atoms with Gasteiger partial charge in [-0.2, -0.15) is 0 Å². The van der Waals surface area contributed by atoms with E-state index in [4.69, 9.17) is 4.74 Å². The molecule has 0 aromatic heterocycles. The number of hydrogen-bond acceptors (Lipinski definition) is 4. The van der Waals surface area contributed by atoms with Crippen LogP contribution in [0.5, 0.6) is 5.75 Å². The van der Waals surface area contributed by atoms with Crippen LogP contribution in [-0.4, -0.2) is 24.2 Å². The van der Waals surface area contributed by atoms with Crippen molar-refractivity contribution in [2.75, 3.05) is 7.11 Å². The number of phenols is 1. The van der Waals surface area contributed by atoms with E-state index < -0.39 is 6.04 Å². The van der Waals surface area contributed by atoms with Gasteiger partial charge in [-0.05, 0) is 18.9 Å². The number of phenolic OH excluding ortho intramolecular Hbond substituents is 1. The summed E-state index contributed by atoms with van der Waals surface area (Å²) in [5.41, 5.74) is 0.587. The van der Waals surface area contributed by atoms with Crippen LogP contribution >= 0.6 is 0 Å².